The van der Waals surface area contributed by atoms with Crippen LogP contribution in [0.25, 0.3) is 11.3 Å². The minimum atomic E-state index is -0.785. The summed E-state index contributed by atoms with van der Waals surface area (Å²) < 4.78 is 35.0. The van der Waals surface area contributed by atoms with Crippen LogP contribution in [0.4, 0.5) is 8.78 Å². The van der Waals surface area contributed by atoms with E-state index in [2.05, 4.69) is 11.8 Å². The second-order valence-corrected chi connectivity index (χ2v) is 4.47. The fraction of sp³-hybridized carbons (Fsp3) is 0.235. The zero-order valence-corrected chi connectivity index (χ0v) is 12.3. The molecule has 0 aliphatic heterocycles. The van der Waals surface area contributed by atoms with Crippen molar-refractivity contribution in [2.24, 2.45) is 0 Å². The van der Waals surface area contributed by atoms with Crippen LogP contribution in [0.2, 0.25) is 0 Å². The van der Waals surface area contributed by atoms with Crippen LogP contribution in [0.3, 0.4) is 0 Å². The molecule has 0 fully saturated rings. The van der Waals surface area contributed by atoms with E-state index in [0.717, 1.165) is 12.1 Å². The van der Waals surface area contributed by atoms with Crippen LogP contribution >= 0.6 is 0 Å². The molecule has 0 saturated heterocycles. The summed E-state index contributed by atoms with van der Waals surface area (Å²) in [5, 5.41) is 0. The number of hydrogen-bond acceptors (Lipinski definition) is 2. The smallest absolute Gasteiger partial charge is 0.250 e. The van der Waals surface area contributed by atoms with Crippen molar-refractivity contribution in [3.63, 3.8) is 0 Å². The third kappa shape index (κ3) is 3.17. The lowest BCUT2D eigenvalue weighted by atomic mass is 10.1. The molecule has 0 aliphatic carbocycles. The molecule has 3 nitrogen and oxygen atoms in total. The van der Waals surface area contributed by atoms with Crippen molar-refractivity contribution >= 4 is 0 Å². The summed E-state index contributed by atoms with van der Waals surface area (Å²) in [7, 11) is 0. The van der Waals surface area contributed by atoms with Crippen LogP contribution in [0.1, 0.15) is 13.8 Å². The second kappa shape index (κ2) is 6.90. The first kappa shape index (κ1) is 15.8. The molecule has 1 aromatic carbocycles. The number of benzene rings is 1. The van der Waals surface area contributed by atoms with Gasteiger partial charge in [-0.1, -0.05) is 12.0 Å². The van der Waals surface area contributed by atoms with Crippen molar-refractivity contribution in [1.82, 2.24) is 4.57 Å². The third-order valence-corrected chi connectivity index (χ3v) is 3.13. The molecule has 0 atom stereocenters. The van der Waals surface area contributed by atoms with Crippen molar-refractivity contribution < 1.29 is 13.5 Å². The third-order valence-electron chi connectivity index (χ3n) is 3.13. The van der Waals surface area contributed by atoms with Gasteiger partial charge in [0.1, 0.15) is 24.0 Å². The van der Waals surface area contributed by atoms with Gasteiger partial charge in [0.15, 0.2) is 0 Å². The molecule has 5 heteroatoms. The molecule has 2 aromatic rings. The van der Waals surface area contributed by atoms with Gasteiger partial charge in [0, 0.05) is 24.7 Å². The van der Waals surface area contributed by atoms with Crippen LogP contribution in [0, 0.1) is 23.5 Å². The minimum Gasteiger partial charge on any atom is -0.481 e. The van der Waals surface area contributed by atoms with Crippen LogP contribution in [-0.2, 0) is 6.54 Å². The average Bonchev–Trinajstić information content (AvgIpc) is 2.47. The molecule has 0 amide bonds. The van der Waals surface area contributed by atoms with Gasteiger partial charge >= 0.3 is 0 Å². The van der Waals surface area contributed by atoms with Crippen LogP contribution in [0.15, 0.2) is 35.1 Å². The first-order valence-corrected chi connectivity index (χ1v) is 6.80. The Kier molecular flexibility index (Phi) is 4.95. The number of rotatable bonds is 4. The van der Waals surface area contributed by atoms with Crippen LogP contribution < -0.4 is 10.3 Å². The normalized spacial score (nSPS) is 10.0. The maximum Gasteiger partial charge on any atom is 0.250 e. The Morgan fingerprint density at radius 2 is 1.91 bits per heavy atom. The molecule has 1 heterocycles. The first-order chi connectivity index (χ1) is 10.6. The zero-order valence-electron chi connectivity index (χ0n) is 12.3. The van der Waals surface area contributed by atoms with E-state index >= 15 is 0 Å². The Balaban J connectivity index is 2.51. The first-order valence-electron chi connectivity index (χ1n) is 6.80. The summed E-state index contributed by atoms with van der Waals surface area (Å²) in [6.45, 7) is 3.76. The Morgan fingerprint density at radius 3 is 2.50 bits per heavy atom. The highest BCUT2D eigenvalue weighted by Gasteiger charge is 2.17. The number of hydrogen-bond donors (Lipinski definition) is 0. The van der Waals surface area contributed by atoms with Gasteiger partial charge in [-0.15, -0.1) is 5.92 Å². The molecule has 2 rings (SSSR count). The van der Waals surface area contributed by atoms with E-state index in [1.54, 1.807) is 13.8 Å². The second-order valence-electron chi connectivity index (χ2n) is 4.47. The van der Waals surface area contributed by atoms with E-state index in [0.29, 0.717) is 6.54 Å². The zero-order chi connectivity index (χ0) is 16.1. The van der Waals surface area contributed by atoms with Gasteiger partial charge < -0.3 is 9.30 Å². The summed E-state index contributed by atoms with van der Waals surface area (Å²) in [6, 6.07) is 6.52. The monoisotopic (exact) mass is 303 g/mol. The minimum absolute atomic E-state index is 0.0553. The molecule has 0 N–H and O–H groups in total. The maximum absolute atomic E-state index is 14.3. The molecule has 0 saturated carbocycles. The summed E-state index contributed by atoms with van der Waals surface area (Å²) in [5.41, 5.74) is -0.351. The van der Waals surface area contributed by atoms with E-state index in [9.17, 15) is 13.6 Å². The van der Waals surface area contributed by atoms with E-state index < -0.39 is 11.6 Å². The van der Waals surface area contributed by atoms with Crippen molar-refractivity contribution in [1.29, 1.82) is 0 Å². The maximum atomic E-state index is 14.3. The molecular weight excluding hydrogens is 288 g/mol. The molecule has 0 bridgehead atoms. The van der Waals surface area contributed by atoms with E-state index in [1.165, 1.54) is 22.8 Å². The number of nitrogens with zero attached hydrogens (tertiary/aromatic N) is 1. The van der Waals surface area contributed by atoms with Crippen LogP contribution in [-0.4, -0.2) is 11.2 Å². The fourth-order valence-corrected chi connectivity index (χ4v) is 2.13. The predicted octanol–water partition coefficient (Wildman–Crippen LogP) is 3.22. The summed E-state index contributed by atoms with van der Waals surface area (Å²) in [4.78, 5) is 11.8. The quantitative estimate of drug-likeness (QED) is 0.812. The topological polar surface area (TPSA) is 31.2 Å². The highest BCUT2D eigenvalue weighted by Crippen LogP contribution is 2.29. The van der Waals surface area contributed by atoms with Gasteiger partial charge in [-0.2, -0.15) is 0 Å². The van der Waals surface area contributed by atoms with Crippen molar-refractivity contribution in [3.8, 4) is 28.8 Å². The van der Waals surface area contributed by atoms with Gasteiger partial charge in [0.2, 0.25) is 0 Å². The highest BCUT2D eigenvalue weighted by atomic mass is 19.1. The van der Waals surface area contributed by atoms with Gasteiger partial charge in [-0.25, -0.2) is 8.78 Å². The summed E-state index contributed by atoms with van der Waals surface area (Å²) in [6.07, 6.45) is 0. The summed E-state index contributed by atoms with van der Waals surface area (Å²) in [5.74, 6) is 3.76. The van der Waals surface area contributed by atoms with Crippen molar-refractivity contribution in [2.45, 2.75) is 20.4 Å². The van der Waals surface area contributed by atoms with Gasteiger partial charge in [0.25, 0.3) is 5.56 Å². The standard InChI is InChI=1S/C17H15F2NO2/c1-3-5-9-22-12-10-13(18)17(14(19)11-12)15-7-6-8-16(21)20(15)4-2/h6-8,10-11H,4,9H2,1-2H3. The Hall–Kier alpha value is -2.61. The van der Waals surface area contributed by atoms with Crippen molar-refractivity contribution in [3.05, 3.63) is 52.3 Å². The Labute approximate surface area is 127 Å². The molecule has 22 heavy (non-hydrogen) atoms. The molecule has 0 radical (unpaired) electrons. The van der Waals surface area contributed by atoms with E-state index in [-0.39, 0.29) is 29.2 Å². The fourth-order valence-electron chi connectivity index (χ4n) is 2.13. The summed E-state index contributed by atoms with van der Waals surface area (Å²) >= 11 is 0. The number of ether oxygens (including phenoxy) is 1. The lowest BCUT2D eigenvalue weighted by Gasteiger charge is -2.13. The molecule has 0 unspecified atom stereocenters. The number of pyridine rings is 1. The molecule has 114 valence electrons. The molecule has 0 spiro atoms. The Morgan fingerprint density at radius 1 is 1.23 bits per heavy atom. The van der Waals surface area contributed by atoms with Gasteiger partial charge in [-0.3, -0.25) is 4.79 Å². The molecule has 0 aliphatic rings. The number of aromatic nitrogens is 1. The van der Waals surface area contributed by atoms with Crippen molar-refractivity contribution in [2.75, 3.05) is 6.61 Å². The molecular formula is C17H15F2NO2. The van der Waals surface area contributed by atoms with Gasteiger partial charge in [0.05, 0.1) is 11.3 Å². The largest absolute Gasteiger partial charge is 0.481 e. The highest BCUT2D eigenvalue weighted by molar-refractivity contribution is 5.62. The lowest BCUT2D eigenvalue weighted by Crippen LogP contribution is -2.20. The van der Waals surface area contributed by atoms with E-state index in [1.807, 2.05) is 0 Å². The predicted molar refractivity (Wildman–Crippen MR) is 80.7 cm³/mol. The lowest BCUT2D eigenvalue weighted by molar-refractivity contribution is 0.365. The van der Waals surface area contributed by atoms with Crippen LogP contribution in [0.5, 0.6) is 5.75 Å². The van der Waals surface area contributed by atoms with E-state index in [4.69, 9.17) is 4.74 Å². The SMILES string of the molecule is CC#CCOc1cc(F)c(-c2cccc(=O)n2CC)c(F)c1. The Bertz CT molecular complexity index is 777. The molecule has 1 aromatic heterocycles. The average molecular weight is 303 g/mol. The van der Waals surface area contributed by atoms with Gasteiger partial charge in [-0.05, 0) is 19.9 Å². The number of halogens is 2.